The van der Waals surface area contributed by atoms with Crippen molar-refractivity contribution in [2.75, 3.05) is 33.4 Å². The molecule has 0 atom stereocenters. The Kier molecular flexibility index (Phi) is 9.12. The van der Waals surface area contributed by atoms with Crippen LogP contribution in [0.2, 0.25) is 0 Å². The molecule has 0 fully saturated rings. The monoisotopic (exact) mass is 424 g/mol. The molecule has 0 aliphatic carbocycles. The lowest BCUT2D eigenvalue weighted by Gasteiger charge is -2.13. The molecular formula is C23H32N6O2. The van der Waals surface area contributed by atoms with Crippen LogP contribution in [0.3, 0.4) is 0 Å². The van der Waals surface area contributed by atoms with Gasteiger partial charge in [-0.2, -0.15) is 0 Å². The van der Waals surface area contributed by atoms with Gasteiger partial charge in [-0.1, -0.05) is 18.2 Å². The zero-order valence-corrected chi connectivity index (χ0v) is 18.4. The average molecular weight is 425 g/mol. The van der Waals surface area contributed by atoms with Crippen molar-refractivity contribution in [3.63, 3.8) is 0 Å². The molecule has 31 heavy (non-hydrogen) atoms. The standard InChI is InChI=1S/C23H32N6O2/c1-3-31-17-7-15-25-23(26-18-19-10-12-20(30-2)13-11-19)24-14-6-9-22-28-27-21-8-4-5-16-29(21)22/h4-5,8,10-13,16H,3,6-7,9,14-15,17-18H2,1-2H3,(H2,24,25,26). The van der Waals surface area contributed by atoms with Gasteiger partial charge in [0.05, 0.1) is 13.7 Å². The largest absolute Gasteiger partial charge is 0.497 e. The number of benzene rings is 1. The van der Waals surface area contributed by atoms with E-state index in [4.69, 9.17) is 14.5 Å². The van der Waals surface area contributed by atoms with Gasteiger partial charge in [0.25, 0.3) is 0 Å². The Bertz CT molecular complexity index is 939. The summed E-state index contributed by atoms with van der Waals surface area (Å²) in [5.41, 5.74) is 2.01. The number of rotatable bonds is 12. The zero-order chi connectivity index (χ0) is 21.7. The summed E-state index contributed by atoms with van der Waals surface area (Å²) in [5.74, 6) is 2.62. The molecule has 3 aromatic rings. The molecule has 0 amide bonds. The van der Waals surface area contributed by atoms with Gasteiger partial charge >= 0.3 is 0 Å². The molecule has 8 nitrogen and oxygen atoms in total. The number of aromatic nitrogens is 3. The molecule has 3 rings (SSSR count). The van der Waals surface area contributed by atoms with Crippen molar-refractivity contribution in [2.24, 2.45) is 4.99 Å². The maximum atomic E-state index is 5.41. The first-order valence-corrected chi connectivity index (χ1v) is 10.8. The van der Waals surface area contributed by atoms with Crippen LogP contribution >= 0.6 is 0 Å². The van der Waals surface area contributed by atoms with Crippen LogP contribution in [0, 0.1) is 0 Å². The van der Waals surface area contributed by atoms with E-state index in [9.17, 15) is 0 Å². The van der Waals surface area contributed by atoms with E-state index in [0.29, 0.717) is 6.54 Å². The number of pyridine rings is 1. The lowest BCUT2D eigenvalue weighted by atomic mass is 10.2. The van der Waals surface area contributed by atoms with Crippen molar-refractivity contribution < 1.29 is 9.47 Å². The van der Waals surface area contributed by atoms with Crippen molar-refractivity contribution in [1.29, 1.82) is 0 Å². The van der Waals surface area contributed by atoms with E-state index in [1.54, 1.807) is 7.11 Å². The first kappa shape index (κ1) is 22.6. The molecule has 2 N–H and O–H groups in total. The lowest BCUT2D eigenvalue weighted by Crippen LogP contribution is -2.38. The molecule has 1 aromatic carbocycles. The molecule has 0 unspecified atom stereocenters. The Hall–Kier alpha value is -3.13. The van der Waals surface area contributed by atoms with Gasteiger partial charge in [0.15, 0.2) is 11.6 Å². The third-order valence-electron chi connectivity index (χ3n) is 4.79. The smallest absolute Gasteiger partial charge is 0.191 e. The summed E-state index contributed by atoms with van der Waals surface area (Å²) in [4.78, 5) is 4.73. The van der Waals surface area contributed by atoms with Crippen LogP contribution in [0.25, 0.3) is 5.65 Å². The predicted octanol–water partition coefficient (Wildman–Crippen LogP) is 2.83. The van der Waals surface area contributed by atoms with Crippen molar-refractivity contribution >= 4 is 11.6 Å². The third kappa shape index (κ3) is 7.25. The van der Waals surface area contributed by atoms with E-state index in [2.05, 4.69) is 20.8 Å². The normalized spacial score (nSPS) is 11.6. The second-order valence-electron chi connectivity index (χ2n) is 7.07. The second kappa shape index (κ2) is 12.5. The highest BCUT2D eigenvalue weighted by atomic mass is 16.5. The summed E-state index contributed by atoms with van der Waals surface area (Å²) >= 11 is 0. The summed E-state index contributed by atoms with van der Waals surface area (Å²) in [6, 6.07) is 13.9. The summed E-state index contributed by atoms with van der Waals surface area (Å²) < 4.78 is 12.7. The molecule has 0 saturated heterocycles. The van der Waals surface area contributed by atoms with Crippen LogP contribution in [-0.2, 0) is 17.7 Å². The van der Waals surface area contributed by atoms with Crippen molar-refractivity contribution in [3.8, 4) is 5.75 Å². The fourth-order valence-electron chi connectivity index (χ4n) is 3.12. The SMILES string of the molecule is CCOCCCNC(=NCc1ccc(OC)cc1)NCCCc1nnc2ccccn12. The molecule has 0 saturated carbocycles. The van der Waals surface area contributed by atoms with Crippen LogP contribution in [0.1, 0.15) is 31.2 Å². The Balaban J connectivity index is 1.50. The van der Waals surface area contributed by atoms with E-state index in [0.717, 1.165) is 74.3 Å². The molecule has 0 bridgehead atoms. The van der Waals surface area contributed by atoms with Crippen molar-refractivity contribution in [2.45, 2.75) is 32.7 Å². The number of aliphatic imine (C=N–C) groups is 1. The number of fused-ring (bicyclic) bond motifs is 1. The molecule has 0 aliphatic rings. The van der Waals surface area contributed by atoms with Crippen LogP contribution in [-0.4, -0.2) is 54.0 Å². The molecule has 0 aliphatic heterocycles. The number of aryl methyl sites for hydroxylation is 1. The first-order valence-electron chi connectivity index (χ1n) is 10.8. The first-order chi connectivity index (χ1) is 15.3. The lowest BCUT2D eigenvalue weighted by molar-refractivity contribution is 0.145. The van der Waals surface area contributed by atoms with Crippen molar-refractivity contribution in [1.82, 2.24) is 25.2 Å². The number of guanidine groups is 1. The second-order valence-corrected chi connectivity index (χ2v) is 7.07. The number of hydrogen-bond acceptors (Lipinski definition) is 5. The molecular weight excluding hydrogens is 392 g/mol. The summed E-state index contributed by atoms with van der Waals surface area (Å²) in [5, 5.41) is 15.3. The minimum absolute atomic E-state index is 0.597. The van der Waals surface area contributed by atoms with Crippen LogP contribution in [0.5, 0.6) is 5.75 Å². The Morgan fingerprint density at radius 3 is 2.61 bits per heavy atom. The van der Waals surface area contributed by atoms with E-state index < -0.39 is 0 Å². The molecule has 0 spiro atoms. The van der Waals surface area contributed by atoms with Gasteiger partial charge in [-0.3, -0.25) is 4.40 Å². The minimum atomic E-state index is 0.597. The minimum Gasteiger partial charge on any atom is -0.497 e. The maximum Gasteiger partial charge on any atom is 0.191 e. The highest BCUT2D eigenvalue weighted by molar-refractivity contribution is 5.79. The van der Waals surface area contributed by atoms with E-state index in [-0.39, 0.29) is 0 Å². The Morgan fingerprint density at radius 2 is 1.84 bits per heavy atom. The van der Waals surface area contributed by atoms with Crippen LogP contribution in [0.4, 0.5) is 0 Å². The molecule has 0 radical (unpaired) electrons. The highest BCUT2D eigenvalue weighted by Gasteiger charge is 2.05. The van der Waals surface area contributed by atoms with Gasteiger partial charge in [0.1, 0.15) is 11.6 Å². The Labute approximate surface area is 183 Å². The van der Waals surface area contributed by atoms with Gasteiger partial charge in [-0.05, 0) is 49.6 Å². The van der Waals surface area contributed by atoms with E-state index in [1.165, 1.54) is 0 Å². The van der Waals surface area contributed by atoms with E-state index in [1.807, 2.05) is 60.0 Å². The zero-order valence-electron chi connectivity index (χ0n) is 18.4. The summed E-state index contributed by atoms with van der Waals surface area (Å²) in [6.07, 6.45) is 4.70. The topological polar surface area (TPSA) is 85.1 Å². The molecule has 166 valence electrons. The van der Waals surface area contributed by atoms with Gasteiger partial charge in [-0.15, -0.1) is 10.2 Å². The quantitative estimate of drug-likeness (QED) is 0.264. The van der Waals surface area contributed by atoms with Gasteiger partial charge in [-0.25, -0.2) is 4.99 Å². The maximum absolute atomic E-state index is 5.41. The van der Waals surface area contributed by atoms with Gasteiger partial charge in [0.2, 0.25) is 0 Å². The van der Waals surface area contributed by atoms with Gasteiger partial charge in [0, 0.05) is 38.9 Å². The number of hydrogen-bond donors (Lipinski definition) is 2. The predicted molar refractivity (Wildman–Crippen MR) is 123 cm³/mol. The molecule has 2 heterocycles. The highest BCUT2D eigenvalue weighted by Crippen LogP contribution is 2.11. The summed E-state index contributed by atoms with van der Waals surface area (Å²) in [7, 11) is 1.67. The summed E-state index contributed by atoms with van der Waals surface area (Å²) in [6.45, 7) is 5.70. The number of ether oxygens (including phenoxy) is 2. The molecule has 8 heteroatoms. The number of nitrogens with zero attached hydrogens (tertiary/aromatic N) is 4. The van der Waals surface area contributed by atoms with E-state index >= 15 is 0 Å². The van der Waals surface area contributed by atoms with Crippen molar-refractivity contribution in [3.05, 3.63) is 60.0 Å². The number of methoxy groups -OCH3 is 1. The number of nitrogens with one attached hydrogen (secondary N) is 2. The molecule has 2 aromatic heterocycles. The third-order valence-corrected chi connectivity index (χ3v) is 4.79. The fourth-order valence-corrected chi connectivity index (χ4v) is 3.12. The Morgan fingerprint density at radius 1 is 1.03 bits per heavy atom. The van der Waals surface area contributed by atoms with Crippen LogP contribution in [0.15, 0.2) is 53.7 Å². The van der Waals surface area contributed by atoms with Crippen LogP contribution < -0.4 is 15.4 Å². The fraction of sp³-hybridized carbons (Fsp3) is 0.435. The average Bonchev–Trinajstić information content (AvgIpc) is 3.23. The van der Waals surface area contributed by atoms with Gasteiger partial charge < -0.3 is 20.1 Å².